The molecular formula is C19H19ClN4O3S. The lowest BCUT2D eigenvalue weighted by Gasteiger charge is -2.12. The summed E-state index contributed by atoms with van der Waals surface area (Å²) in [6.07, 6.45) is 1.60. The van der Waals surface area contributed by atoms with Crippen LogP contribution in [-0.4, -0.2) is 24.1 Å². The second-order valence-corrected chi connectivity index (χ2v) is 8.46. The van der Waals surface area contributed by atoms with Crippen molar-refractivity contribution in [1.29, 1.82) is 0 Å². The average molecular weight is 419 g/mol. The highest BCUT2D eigenvalue weighted by atomic mass is 35.5. The summed E-state index contributed by atoms with van der Waals surface area (Å²) >= 11 is 5.80. The molecule has 0 spiro atoms. The zero-order valence-corrected chi connectivity index (χ0v) is 16.8. The Labute approximate surface area is 168 Å². The van der Waals surface area contributed by atoms with E-state index in [0.29, 0.717) is 22.1 Å². The van der Waals surface area contributed by atoms with E-state index in [1.165, 1.54) is 24.3 Å². The highest BCUT2D eigenvalue weighted by Crippen LogP contribution is 2.19. The van der Waals surface area contributed by atoms with E-state index in [1.807, 2.05) is 13.8 Å². The smallest absolute Gasteiger partial charge is 0.261 e. The zero-order chi connectivity index (χ0) is 20.3. The summed E-state index contributed by atoms with van der Waals surface area (Å²) in [7, 11) is -3.78. The lowest BCUT2D eigenvalue weighted by molar-refractivity contribution is 0.102. The minimum Gasteiger partial charge on any atom is -0.307 e. The Morgan fingerprint density at radius 3 is 2.29 bits per heavy atom. The summed E-state index contributed by atoms with van der Waals surface area (Å²) in [6, 6.07) is 13.8. The van der Waals surface area contributed by atoms with Gasteiger partial charge in [-0.1, -0.05) is 11.6 Å². The molecule has 1 heterocycles. The third-order valence-corrected chi connectivity index (χ3v) is 5.57. The summed E-state index contributed by atoms with van der Waals surface area (Å²) < 4.78 is 29.1. The Bertz CT molecular complexity index is 1080. The number of anilines is 2. The van der Waals surface area contributed by atoms with E-state index in [2.05, 4.69) is 15.1 Å². The van der Waals surface area contributed by atoms with E-state index >= 15 is 0 Å². The van der Waals surface area contributed by atoms with Gasteiger partial charge in [-0.15, -0.1) is 0 Å². The molecule has 0 fully saturated rings. The molecule has 0 aliphatic carbocycles. The van der Waals surface area contributed by atoms with Gasteiger partial charge in [0, 0.05) is 28.4 Å². The summed E-state index contributed by atoms with van der Waals surface area (Å²) in [5, 5.41) is 7.45. The lowest BCUT2D eigenvalue weighted by atomic mass is 10.2. The minimum absolute atomic E-state index is 0.0474. The molecule has 9 heteroatoms. The second-order valence-electron chi connectivity index (χ2n) is 6.35. The van der Waals surface area contributed by atoms with Gasteiger partial charge < -0.3 is 5.32 Å². The monoisotopic (exact) mass is 418 g/mol. The number of carbonyl (C=O) groups excluding carboxylic acids is 1. The fourth-order valence-electron chi connectivity index (χ4n) is 2.53. The topological polar surface area (TPSA) is 93.1 Å². The molecule has 0 unspecified atom stereocenters. The molecule has 0 atom stereocenters. The standard InChI is InChI=1S/C19H19ClN4O3S/c1-13(2)24-18(11-12-21-24)22-19(25)14-3-9-17(10-4-14)28(26,27)23-16-7-5-15(20)6-8-16/h3-13,23H,1-2H3,(H,22,25). The van der Waals surface area contributed by atoms with E-state index in [0.717, 1.165) is 0 Å². The van der Waals surface area contributed by atoms with Crippen molar-refractivity contribution in [2.75, 3.05) is 10.0 Å². The van der Waals surface area contributed by atoms with Gasteiger partial charge in [-0.05, 0) is 62.4 Å². The molecule has 146 valence electrons. The average Bonchev–Trinajstić information content (AvgIpc) is 3.12. The van der Waals surface area contributed by atoms with Crippen LogP contribution in [0.2, 0.25) is 5.02 Å². The van der Waals surface area contributed by atoms with Crippen LogP contribution in [0.1, 0.15) is 30.2 Å². The van der Waals surface area contributed by atoms with Gasteiger partial charge in [0.1, 0.15) is 5.82 Å². The van der Waals surface area contributed by atoms with Gasteiger partial charge >= 0.3 is 0 Å². The molecule has 0 saturated carbocycles. The summed E-state index contributed by atoms with van der Waals surface area (Å²) in [5.74, 6) is 0.220. The van der Waals surface area contributed by atoms with Crippen LogP contribution in [0.15, 0.2) is 65.7 Å². The van der Waals surface area contributed by atoms with Gasteiger partial charge in [0.15, 0.2) is 0 Å². The molecule has 1 aromatic heterocycles. The predicted octanol–water partition coefficient (Wildman–Crippen LogP) is 4.17. The van der Waals surface area contributed by atoms with Crippen molar-refractivity contribution in [3.8, 4) is 0 Å². The van der Waals surface area contributed by atoms with Gasteiger partial charge in [-0.2, -0.15) is 5.10 Å². The summed E-state index contributed by atoms with van der Waals surface area (Å²) in [5.41, 5.74) is 0.732. The number of halogens is 1. The number of amides is 1. The Balaban J connectivity index is 1.74. The molecule has 1 amide bonds. The first-order valence-electron chi connectivity index (χ1n) is 8.49. The number of nitrogens with one attached hydrogen (secondary N) is 2. The number of rotatable bonds is 6. The molecule has 7 nitrogen and oxygen atoms in total. The van der Waals surface area contributed by atoms with Gasteiger partial charge in [0.05, 0.1) is 11.1 Å². The van der Waals surface area contributed by atoms with E-state index in [9.17, 15) is 13.2 Å². The summed E-state index contributed by atoms with van der Waals surface area (Å²) in [6.45, 7) is 3.91. The van der Waals surface area contributed by atoms with Crippen LogP contribution in [0.4, 0.5) is 11.5 Å². The van der Waals surface area contributed by atoms with Crippen molar-refractivity contribution in [3.63, 3.8) is 0 Å². The molecule has 0 radical (unpaired) electrons. The Morgan fingerprint density at radius 1 is 1.04 bits per heavy atom. The van der Waals surface area contributed by atoms with E-state index < -0.39 is 10.0 Å². The van der Waals surface area contributed by atoms with E-state index in [-0.39, 0.29) is 16.8 Å². The van der Waals surface area contributed by atoms with Crippen molar-refractivity contribution in [2.24, 2.45) is 0 Å². The molecule has 0 saturated heterocycles. The fraction of sp³-hybridized carbons (Fsp3) is 0.158. The molecular weight excluding hydrogens is 400 g/mol. The molecule has 0 aliphatic rings. The number of aromatic nitrogens is 2. The molecule has 2 N–H and O–H groups in total. The number of carbonyl (C=O) groups is 1. The van der Waals surface area contributed by atoms with Crippen LogP contribution in [0, 0.1) is 0 Å². The minimum atomic E-state index is -3.78. The van der Waals surface area contributed by atoms with Gasteiger partial charge in [0.25, 0.3) is 15.9 Å². The maximum atomic E-state index is 12.5. The highest BCUT2D eigenvalue weighted by molar-refractivity contribution is 7.92. The van der Waals surface area contributed by atoms with Crippen LogP contribution < -0.4 is 10.0 Å². The van der Waals surface area contributed by atoms with Crippen LogP contribution in [0.3, 0.4) is 0 Å². The highest BCUT2D eigenvalue weighted by Gasteiger charge is 2.16. The Hall–Kier alpha value is -2.84. The SMILES string of the molecule is CC(C)n1nccc1NC(=O)c1ccc(S(=O)(=O)Nc2ccc(Cl)cc2)cc1. The van der Waals surface area contributed by atoms with Crippen molar-refractivity contribution in [3.05, 3.63) is 71.4 Å². The van der Waals surface area contributed by atoms with Crippen molar-refractivity contribution in [2.45, 2.75) is 24.8 Å². The Kier molecular flexibility index (Phi) is 5.71. The second kappa shape index (κ2) is 8.04. The lowest BCUT2D eigenvalue weighted by Crippen LogP contribution is -2.17. The molecule has 0 bridgehead atoms. The fourth-order valence-corrected chi connectivity index (χ4v) is 3.72. The molecule has 3 rings (SSSR count). The van der Waals surface area contributed by atoms with Gasteiger partial charge in [-0.25, -0.2) is 13.1 Å². The summed E-state index contributed by atoms with van der Waals surface area (Å²) in [4.78, 5) is 12.5. The first-order chi connectivity index (χ1) is 13.3. The Morgan fingerprint density at radius 2 is 1.68 bits per heavy atom. The van der Waals surface area contributed by atoms with Crippen molar-refractivity contribution >= 4 is 39.0 Å². The molecule has 28 heavy (non-hydrogen) atoms. The number of sulfonamides is 1. The quantitative estimate of drug-likeness (QED) is 0.628. The molecule has 2 aromatic carbocycles. The van der Waals surface area contributed by atoms with Crippen molar-refractivity contribution in [1.82, 2.24) is 9.78 Å². The zero-order valence-electron chi connectivity index (χ0n) is 15.3. The van der Waals surface area contributed by atoms with Crippen molar-refractivity contribution < 1.29 is 13.2 Å². The largest absolute Gasteiger partial charge is 0.307 e. The number of benzene rings is 2. The maximum Gasteiger partial charge on any atom is 0.261 e. The third-order valence-electron chi connectivity index (χ3n) is 3.92. The van der Waals surface area contributed by atoms with E-state index in [1.54, 1.807) is 41.2 Å². The molecule has 0 aliphatic heterocycles. The normalized spacial score (nSPS) is 11.4. The predicted molar refractivity (Wildman–Crippen MR) is 109 cm³/mol. The number of nitrogens with zero attached hydrogens (tertiary/aromatic N) is 2. The third kappa shape index (κ3) is 4.52. The maximum absolute atomic E-state index is 12.5. The van der Waals surface area contributed by atoms with Gasteiger partial charge in [-0.3, -0.25) is 9.52 Å². The van der Waals surface area contributed by atoms with Crippen LogP contribution in [0.25, 0.3) is 0 Å². The van der Waals surface area contributed by atoms with Gasteiger partial charge in [0.2, 0.25) is 0 Å². The first kappa shape index (κ1) is 19.9. The van der Waals surface area contributed by atoms with Crippen LogP contribution >= 0.6 is 11.6 Å². The first-order valence-corrected chi connectivity index (χ1v) is 10.4. The van der Waals surface area contributed by atoms with E-state index in [4.69, 9.17) is 11.6 Å². The van der Waals surface area contributed by atoms with Crippen LogP contribution in [0.5, 0.6) is 0 Å². The number of hydrogen-bond donors (Lipinski definition) is 2. The number of hydrogen-bond acceptors (Lipinski definition) is 4. The molecule has 3 aromatic rings. The van der Waals surface area contributed by atoms with Crippen LogP contribution in [-0.2, 0) is 10.0 Å².